The number of halogens is 1. The van der Waals surface area contributed by atoms with E-state index in [9.17, 15) is 24.9 Å². The Morgan fingerprint density at radius 2 is 1.41 bits per heavy atom. The quantitative estimate of drug-likeness (QED) is 0.165. The van der Waals surface area contributed by atoms with Gasteiger partial charge in [-0.2, -0.15) is 0 Å². The molecule has 41 heavy (non-hydrogen) atoms. The zero-order valence-electron chi connectivity index (χ0n) is 22.2. The van der Waals surface area contributed by atoms with Crippen LogP contribution in [0.4, 0.5) is 0 Å². The maximum Gasteiger partial charge on any atom is 0.330 e. The molecule has 2 heterocycles. The molecule has 1 saturated heterocycles. The number of nitrogens with one attached hydrogen (secondary N) is 1. The van der Waals surface area contributed by atoms with E-state index in [0.29, 0.717) is 28.2 Å². The summed E-state index contributed by atoms with van der Waals surface area (Å²) < 4.78 is 18.6. The van der Waals surface area contributed by atoms with Crippen molar-refractivity contribution in [1.29, 1.82) is 0 Å². The molecule has 0 spiro atoms. The molecule has 0 amide bonds. The van der Waals surface area contributed by atoms with Gasteiger partial charge in [0.05, 0.1) is 29.8 Å². The molecule has 4 aromatic rings. The Labute approximate surface area is 248 Å². The summed E-state index contributed by atoms with van der Waals surface area (Å²) >= 11 is 1.79. The van der Waals surface area contributed by atoms with Crippen LogP contribution in [0.1, 0.15) is 16.7 Å². The zero-order valence-corrected chi connectivity index (χ0v) is 24.4. The largest absolute Gasteiger partial charge is 0.497 e. The molecule has 0 radical (unpaired) electrons. The molecule has 11 heteroatoms. The van der Waals surface area contributed by atoms with Crippen molar-refractivity contribution < 1.29 is 29.5 Å². The Balaban J connectivity index is 2.03. The van der Waals surface area contributed by atoms with Crippen molar-refractivity contribution >= 4 is 22.6 Å². The highest BCUT2D eigenvalue weighted by molar-refractivity contribution is 14.1. The second-order valence-corrected chi connectivity index (χ2v) is 10.8. The van der Waals surface area contributed by atoms with Gasteiger partial charge in [0.2, 0.25) is 0 Å². The minimum absolute atomic E-state index is 0.144. The van der Waals surface area contributed by atoms with E-state index in [4.69, 9.17) is 14.2 Å². The van der Waals surface area contributed by atoms with Crippen LogP contribution in [-0.4, -0.2) is 64.0 Å². The predicted molar refractivity (Wildman–Crippen MR) is 158 cm³/mol. The number of benzene rings is 3. The molecule has 10 nitrogen and oxygen atoms in total. The number of ether oxygens (including phenoxy) is 3. The number of nitrogens with zero attached hydrogens (tertiary/aromatic N) is 1. The summed E-state index contributed by atoms with van der Waals surface area (Å²) in [7, 11) is 3.08. The molecule has 0 saturated carbocycles. The molecule has 4 N–H and O–H groups in total. The predicted octanol–water partition coefficient (Wildman–Crippen LogP) is 1.96. The van der Waals surface area contributed by atoms with Crippen molar-refractivity contribution in [3.05, 3.63) is 126 Å². The van der Waals surface area contributed by atoms with Gasteiger partial charge in [-0.3, -0.25) is 14.3 Å². The van der Waals surface area contributed by atoms with Gasteiger partial charge in [0.25, 0.3) is 5.56 Å². The number of hydrogen-bond acceptors (Lipinski definition) is 8. The summed E-state index contributed by atoms with van der Waals surface area (Å²) in [5, 5.41) is 33.6. The fourth-order valence-corrected chi connectivity index (χ4v) is 6.24. The van der Waals surface area contributed by atoms with Crippen molar-refractivity contribution in [1.82, 2.24) is 9.55 Å². The smallest absolute Gasteiger partial charge is 0.330 e. The summed E-state index contributed by atoms with van der Waals surface area (Å²) in [6, 6.07) is 23.2. The first-order chi connectivity index (χ1) is 19.7. The van der Waals surface area contributed by atoms with Crippen LogP contribution >= 0.6 is 22.6 Å². The lowest BCUT2D eigenvalue weighted by Crippen LogP contribution is -2.64. The van der Waals surface area contributed by atoms with Crippen LogP contribution < -0.4 is 20.7 Å². The third-order valence-electron chi connectivity index (χ3n) is 7.66. The first-order valence-electron chi connectivity index (χ1n) is 12.8. The number of aliphatic hydroxyl groups is 3. The van der Waals surface area contributed by atoms with Crippen molar-refractivity contribution in [3.8, 4) is 11.5 Å². The molecule has 1 fully saturated rings. The van der Waals surface area contributed by atoms with Gasteiger partial charge in [-0.25, -0.2) is 4.79 Å². The molecular formula is C30H29IN2O8. The van der Waals surface area contributed by atoms with E-state index in [2.05, 4.69) is 4.98 Å². The van der Waals surface area contributed by atoms with Gasteiger partial charge in [-0.1, -0.05) is 54.6 Å². The minimum atomic E-state index is -2.13. The molecule has 5 rings (SSSR count). The van der Waals surface area contributed by atoms with Gasteiger partial charge >= 0.3 is 5.69 Å². The number of hydrogen-bond donors (Lipinski definition) is 4. The number of methoxy groups -OCH3 is 2. The molecule has 1 aliphatic heterocycles. The van der Waals surface area contributed by atoms with Crippen molar-refractivity contribution in [2.45, 2.75) is 29.5 Å². The van der Waals surface area contributed by atoms with E-state index < -0.39 is 47.3 Å². The highest BCUT2D eigenvalue weighted by Crippen LogP contribution is 2.57. The van der Waals surface area contributed by atoms with Crippen LogP contribution in [0.2, 0.25) is 0 Å². The van der Waals surface area contributed by atoms with E-state index >= 15 is 0 Å². The summed E-state index contributed by atoms with van der Waals surface area (Å²) in [5.41, 5.74) is -3.47. The van der Waals surface area contributed by atoms with E-state index in [-0.39, 0.29) is 3.57 Å². The molecule has 0 bridgehead atoms. The molecule has 0 aliphatic carbocycles. The van der Waals surface area contributed by atoms with E-state index in [0.717, 1.165) is 4.57 Å². The lowest BCUT2D eigenvalue weighted by molar-refractivity contribution is -0.180. The number of aromatic amines is 1. The van der Waals surface area contributed by atoms with Crippen LogP contribution in [0.5, 0.6) is 11.5 Å². The Morgan fingerprint density at radius 1 is 0.902 bits per heavy atom. The molecule has 1 aromatic heterocycles. The van der Waals surface area contributed by atoms with E-state index in [1.165, 1.54) is 20.4 Å². The fourth-order valence-electron chi connectivity index (χ4n) is 5.83. The Bertz CT molecular complexity index is 1570. The summed E-state index contributed by atoms with van der Waals surface area (Å²) in [4.78, 5) is 28.5. The monoisotopic (exact) mass is 672 g/mol. The Kier molecular flexibility index (Phi) is 8.08. The second kappa shape index (κ2) is 11.4. The molecule has 3 aromatic carbocycles. The topological polar surface area (TPSA) is 143 Å². The van der Waals surface area contributed by atoms with Crippen LogP contribution in [-0.2, 0) is 15.9 Å². The molecule has 1 aliphatic rings. The number of H-pyrrole nitrogens is 1. The highest BCUT2D eigenvalue weighted by Gasteiger charge is 2.68. The van der Waals surface area contributed by atoms with Gasteiger partial charge in [-0.05, 0) is 63.5 Å². The number of rotatable bonds is 8. The average Bonchev–Trinajstić information content (AvgIpc) is 3.26. The maximum atomic E-state index is 13.7. The molecule has 0 unspecified atom stereocenters. The van der Waals surface area contributed by atoms with Crippen LogP contribution in [0, 0.1) is 3.57 Å². The van der Waals surface area contributed by atoms with Crippen LogP contribution in [0.15, 0.2) is 94.6 Å². The van der Waals surface area contributed by atoms with Crippen molar-refractivity contribution in [2.75, 3.05) is 20.8 Å². The molecular weight excluding hydrogens is 643 g/mol. The van der Waals surface area contributed by atoms with Crippen molar-refractivity contribution in [2.24, 2.45) is 0 Å². The highest BCUT2D eigenvalue weighted by atomic mass is 127. The second-order valence-electron chi connectivity index (χ2n) is 9.65. The van der Waals surface area contributed by atoms with Gasteiger partial charge in [0, 0.05) is 6.20 Å². The van der Waals surface area contributed by atoms with E-state index in [1.807, 2.05) is 30.3 Å². The maximum absolute atomic E-state index is 13.7. The Morgan fingerprint density at radius 3 is 1.88 bits per heavy atom. The normalized spacial score (nSPS) is 22.4. The Hall–Kier alpha value is -3.49. The summed E-state index contributed by atoms with van der Waals surface area (Å²) in [6.07, 6.45) is -3.36. The number of aliphatic hydroxyl groups excluding tert-OH is 3. The zero-order chi connectivity index (χ0) is 29.4. The van der Waals surface area contributed by atoms with Gasteiger partial charge in [0.15, 0.2) is 5.72 Å². The standard InChI is InChI=1S/C30H29IN2O8/c1-39-21-12-8-19(9-13-21)29(18-6-4-3-5-7-18,20-10-14-22(40-2)15-11-20)30(26(36)25(35)24(17-34)41-30)33-16-23(31)27(37)32-28(33)38/h3-16,24-26,34-36H,17H2,1-2H3,(H,32,37,38)/t24-,25-,26-,30+/m1/s1. The van der Waals surface area contributed by atoms with Gasteiger partial charge < -0.3 is 29.5 Å². The minimum Gasteiger partial charge on any atom is -0.497 e. The first-order valence-corrected chi connectivity index (χ1v) is 13.8. The summed E-state index contributed by atoms with van der Waals surface area (Å²) in [5.74, 6) is 1.13. The SMILES string of the molecule is COc1ccc(C(c2ccccc2)(c2ccc(OC)cc2)[C@@]2(n3cc(I)c(=O)[nH]c3=O)O[C@H](CO)[C@@H](O)[C@H]2O)cc1. The average molecular weight is 672 g/mol. The third-order valence-corrected chi connectivity index (χ3v) is 8.43. The van der Waals surface area contributed by atoms with Gasteiger partial charge in [0.1, 0.15) is 29.8 Å². The number of aromatic nitrogens is 2. The molecule has 4 atom stereocenters. The van der Waals surface area contributed by atoms with Crippen molar-refractivity contribution in [3.63, 3.8) is 0 Å². The van der Waals surface area contributed by atoms with Crippen LogP contribution in [0.25, 0.3) is 0 Å². The third kappa shape index (κ3) is 4.48. The fraction of sp³-hybridized carbons (Fsp3) is 0.267. The lowest BCUT2D eigenvalue weighted by atomic mass is 9.60. The first kappa shape index (κ1) is 29.0. The lowest BCUT2D eigenvalue weighted by Gasteiger charge is -2.51. The van der Waals surface area contributed by atoms with E-state index in [1.54, 1.807) is 71.1 Å². The summed E-state index contributed by atoms with van der Waals surface area (Å²) in [6.45, 7) is -0.648. The van der Waals surface area contributed by atoms with Gasteiger partial charge in [-0.15, -0.1) is 0 Å². The van der Waals surface area contributed by atoms with Crippen LogP contribution in [0.3, 0.4) is 0 Å². The molecule has 214 valence electrons.